The van der Waals surface area contributed by atoms with Gasteiger partial charge in [-0.15, -0.1) is 22.7 Å². The quantitative estimate of drug-likeness (QED) is 0.753. The molecule has 2 heterocycles. The fourth-order valence-corrected chi connectivity index (χ4v) is 3.41. The van der Waals surface area contributed by atoms with Gasteiger partial charge in [-0.05, 0) is 35.8 Å². The highest BCUT2D eigenvalue weighted by Gasteiger charge is 2.02. The molecule has 0 bridgehead atoms. The van der Waals surface area contributed by atoms with E-state index in [0.29, 0.717) is 0 Å². The van der Waals surface area contributed by atoms with Gasteiger partial charge in [-0.3, -0.25) is 0 Å². The molecule has 2 rings (SSSR count). The van der Waals surface area contributed by atoms with Crippen molar-refractivity contribution in [2.24, 2.45) is 0 Å². The molecule has 2 aromatic rings. The number of aryl methyl sites for hydroxylation is 1. The molecule has 0 aliphatic heterocycles. The third-order valence-corrected chi connectivity index (χ3v) is 4.22. The lowest BCUT2D eigenvalue weighted by Crippen LogP contribution is -1.77. The summed E-state index contributed by atoms with van der Waals surface area (Å²) < 4.78 is 0. The largest absolute Gasteiger partial charge is 0.179 e. The highest BCUT2D eigenvalue weighted by atomic mass is 32.1. The highest BCUT2D eigenvalue weighted by Crippen LogP contribution is 2.31. The third-order valence-electron chi connectivity index (χ3n) is 1.78. The first-order valence-electron chi connectivity index (χ1n) is 4.13. The molecule has 2 aromatic heterocycles. The molecular formula is C10H10S3. The van der Waals surface area contributed by atoms with Gasteiger partial charge in [0.25, 0.3) is 0 Å². The summed E-state index contributed by atoms with van der Waals surface area (Å²) in [7, 11) is 0. The van der Waals surface area contributed by atoms with E-state index in [1.54, 1.807) is 11.3 Å². The first-order chi connectivity index (χ1) is 6.40. The van der Waals surface area contributed by atoms with Crippen molar-refractivity contribution < 1.29 is 0 Å². The maximum absolute atomic E-state index is 4.23. The van der Waals surface area contributed by atoms with E-state index in [-0.39, 0.29) is 0 Å². The highest BCUT2D eigenvalue weighted by molar-refractivity contribution is 7.80. The SMILES string of the molecule is SCCc1ccc(-c2cccs2)s1. The van der Waals surface area contributed by atoms with E-state index in [4.69, 9.17) is 0 Å². The Kier molecular flexibility index (Phi) is 3.09. The Bertz CT molecular complexity index is 359. The van der Waals surface area contributed by atoms with Crippen LogP contribution in [0.5, 0.6) is 0 Å². The number of thiophene rings is 2. The Morgan fingerprint density at radius 2 is 2.08 bits per heavy atom. The summed E-state index contributed by atoms with van der Waals surface area (Å²) >= 11 is 7.90. The Labute approximate surface area is 91.7 Å². The van der Waals surface area contributed by atoms with Gasteiger partial charge >= 0.3 is 0 Å². The summed E-state index contributed by atoms with van der Waals surface area (Å²) in [5, 5.41) is 2.12. The van der Waals surface area contributed by atoms with Gasteiger partial charge in [0.15, 0.2) is 0 Å². The van der Waals surface area contributed by atoms with Crippen LogP contribution in [0.2, 0.25) is 0 Å². The summed E-state index contributed by atoms with van der Waals surface area (Å²) in [6.07, 6.45) is 1.08. The van der Waals surface area contributed by atoms with Crippen molar-refractivity contribution in [3.63, 3.8) is 0 Å². The Balaban J connectivity index is 2.23. The van der Waals surface area contributed by atoms with Crippen LogP contribution in [0.25, 0.3) is 9.75 Å². The van der Waals surface area contributed by atoms with Crippen LogP contribution in [0.3, 0.4) is 0 Å². The van der Waals surface area contributed by atoms with Crippen LogP contribution in [0, 0.1) is 0 Å². The average molecular weight is 226 g/mol. The second kappa shape index (κ2) is 4.31. The zero-order chi connectivity index (χ0) is 9.10. The molecule has 0 saturated carbocycles. The fourth-order valence-electron chi connectivity index (χ4n) is 1.17. The van der Waals surface area contributed by atoms with E-state index >= 15 is 0 Å². The van der Waals surface area contributed by atoms with Gasteiger partial charge in [0.05, 0.1) is 0 Å². The standard InChI is InChI=1S/C10H10S3/c11-6-5-8-3-4-10(13-8)9-2-1-7-12-9/h1-4,7,11H,5-6H2. The zero-order valence-electron chi connectivity index (χ0n) is 7.06. The number of thiol groups is 1. The topological polar surface area (TPSA) is 0 Å². The molecule has 0 atom stereocenters. The van der Waals surface area contributed by atoms with Gasteiger partial charge in [-0.25, -0.2) is 0 Å². The van der Waals surface area contributed by atoms with Crippen molar-refractivity contribution >= 4 is 35.3 Å². The van der Waals surface area contributed by atoms with Crippen molar-refractivity contribution in [1.82, 2.24) is 0 Å². The van der Waals surface area contributed by atoms with Crippen molar-refractivity contribution in [2.75, 3.05) is 5.75 Å². The maximum Gasteiger partial charge on any atom is 0.0445 e. The predicted molar refractivity (Wildman–Crippen MR) is 65.2 cm³/mol. The van der Waals surface area contributed by atoms with Crippen LogP contribution in [0.1, 0.15) is 4.88 Å². The molecule has 0 aliphatic carbocycles. The fraction of sp³-hybridized carbons (Fsp3) is 0.200. The Morgan fingerprint density at radius 3 is 2.77 bits per heavy atom. The van der Waals surface area contributed by atoms with E-state index in [2.05, 4.69) is 42.3 Å². The number of hydrogen-bond donors (Lipinski definition) is 1. The van der Waals surface area contributed by atoms with Crippen molar-refractivity contribution in [3.8, 4) is 9.75 Å². The smallest absolute Gasteiger partial charge is 0.0445 e. The summed E-state index contributed by atoms with van der Waals surface area (Å²) in [5.41, 5.74) is 0. The molecular weight excluding hydrogens is 216 g/mol. The molecule has 0 aromatic carbocycles. The first-order valence-corrected chi connectivity index (χ1v) is 6.46. The molecule has 0 N–H and O–H groups in total. The van der Waals surface area contributed by atoms with Gasteiger partial charge < -0.3 is 0 Å². The van der Waals surface area contributed by atoms with E-state index < -0.39 is 0 Å². The first kappa shape index (κ1) is 9.31. The maximum atomic E-state index is 4.23. The van der Waals surface area contributed by atoms with Gasteiger partial charge in [0.2, 0.25) is 0 Å². The van der Waals surface area contributed by atoms with Crippen molar-refractivity contribution in [2.45, 2.75) is 6.42 Å². The number of hydrogen-bond acceptors (Lipinski definition) is 3. The van der Waals surface area contributed by atoms with E-state index in [1.165, 1.54) is 14.6 Å². The normalized spacial score (nSPS) is 10.5. The lowest BCUT2D eigenvalue weighted by atomic mass is 10.3. The van der Waals surface area contributed by atoms with Crippen LogP contribution in [0.15, 0.2) is 29.6 Å². The number of rotatable bonds is 3. The summed E-state index contributed by atoms with van der Waals surface area (Å²) in [4.78, 5) is 4.18. The van der Waals surface area contributed by atoms with E-state index in [0.717, 1.165) is 12.2 Å². The zero-order valence-corrected chi connectivity index (χ0v) is 9.59. The molecule has 0 amide bonds. The van der Waals surface area contributed by atoms with Crippen molar-refractivity contribution in [3.05, 3.63) is 34.5 Å². The van der Waals surface area contributed by atoms with E-state index in [9.17, 15) is 0 Å². The monoisotopic (exact) mass is 226 g/mol. The molecule has 0 fully saturated rings. The van der Waals surface area contributed by atoms with Crippen LogP contribution in [-0.2, 0) is 6.42 Å². The molecule has 0 spiro atoms. The van der Waals surface area contributed by atoms with Crippen molar-refractivity contribution in [1.29, 1.82) is 0 Å². The molecule has 0 unspecified atom stereocenters. The molecule has 68 valence electrons. The van der Waals surface area contributed by atoms with Crippen LogP contribution in [-0.4, -0.2) is 5.75 Å². The lowest BCUT2D eigenvalue weighted by Gasteiger charge is -1.89. The molecule has 0 aliphatic rings. The third kappa shape index (κ3) is 2.16. The summed E-state index contributed by atoms with van der Waals surface area (Å²) in [6, 6.07) is 8.67. The lowest BCUT2D eigenvalue weighted by molar-refractivity contribution is 1.21. The van der Waals surface area contributed by atoms with Gasteiger partial charge in [-0.2, -0.15) is 12.6 Å². The molecule has 3 heteroatoms. The summed E-state index contributed by atoms with van der Waals surface area (Å²) in [6.45, 7) is 0. The Morgan fingerprint density at radius 1 is 1.15 bits per heavy atom. The summed E-state index contributed by atoms with van der Waals surface area (Å²) in [5.74, 6) is 0.935. The van der Waals surface area contributed by atoms with Gasteiger partial charge in [0.1, 0.15) is 0 Å². The second-order valence-corrected chi connectivity index (χ2v) is 5.28. The van der Waals surface area contributed by atoms with Gasteiger partial charge in [0, 0.05) is 14.6 Å². The van der Waals surface area contributed by atoms with Crippen LogP contribution < -0.4 is 0 Å². The minimum absolute atomic E-state index is 0.935. The van der Waals surface area contributed by atoms with E-state index in [1.807, 2.05) is 11.3 Å². The predicted octanol–water partition coefficient (Wildman–Crippen LogP) is 3.95. The second-order valence-electron chi connectivity index (χ2n) is 2.72. The molecule has 13 heavy (non-hydrogen) atoms. The van der Waals surface area contributed by atoms with Crippen LogP contribution >= 0.6 is 35.3 Å². The average Bonchev–Trinajstić information content (AvgIpc) is 2.70. The van der Waals surface area contributed by atoms with Gasteiger partial charge in [-0.1, -0.05) is 6.07 Å². The minimum Gasteiger partial charge on any atom is -0.179 e. The molecule has 0 radical (unpaired) electrons. The molecule has 0 nitrogen and oxygen atoms in total. The van der Waals surface area contributed by atoms with Crippen LogP contribution in [0.4, 0.5) is 0 Å². The molecule has 0 saturated heterocycles. The minimum atomic E-state index is 0.935. The Hall–Kier alpha value is -0.250.